The van der Waals surface area contributed by atoms with Crippen molar-refractivity contribution < 1.29 is 27.5 Å². The van der Waals surface area contributed by atoms with Crippen LogP contribution in [0.3, 0.4) is 0 Å². The van der Waals surface area contributed by atoms with Gasteiger partial charge >= 0.3 is 6.36 Å². The number of amides is 2. The van der Waals surface area contributed by atoms with Crippen molar-refractivity contribution in [3.8, 4) is 5.75 Å². The lowest BCUT2D eigenvalue weighted by molar-refractivity contribution is -0.274. The molecule has 0 spiro atoms. The second-order valence-corrected chi connectivity index (χ2v) is 9.77. The van der Waals surface area contributed by atoms with Gasteiger partial charge in [0.1, 0.15) is 5.75 Å². The first-order chi connectivity index (χ1) is 18.7. The Balaban J connectivity index is 1.11. The lowest BCUT2D eigenvalue weighted by atomic mass is 9.89. The summed E-state index contributed by atoms with van der Waals surface area (Å²) in [6.45, 7) is 2.34. The number of carbonyl (C=O) groups is 2. The molecule has 204 valence electrons. The van der Waals surface area contributed by atoms with E-state index >= 15 is 0 Å². The molecule has 2 aliphatic heterocycles. The molecule has 3 aromatic rings. The number of aromatic nitrogens is 2. The molecule has 1 N–H and O–H groups in total. The van der Waals surface area contributed by atoms with E-state index in [1.807, 2.05) is 36.4 Å². The van der Waals surface area contributed by atoms with Crippen molar-refractivity contribution in [3.05, 3.63) is 78.0 Å². The Bertz CT molecular complexity index is 1300. The monoisotopic (exact) mass is 539 g/mol. The Kier molecular flexibility index (Phi) is 7.67. The average molecular weight is 540 g/mol. The van der Waals surface area contributed by atoms with E-state index in [0.29, 0.717) is 19.6 Å². The molecule has 11 heteroatoms. The third-order valence-electron chi connectivity index (χ3n) is 7.19. The fourth-order valence-corrected chi connectivity index (χ4v) is 5.15. The molecule has 5 rings (SSSR count). The summed E-state index contributed by atoms with van der Waals surface area (Å²) >= 11 is 0. The molecule has 1 atom stereocenters. The van der Waals surface area contributed by atoms with E-state index in [4.69, 9.17) is 0 Å². The highest BCUT2D eigenvalue weighted by Crippen LogP contribution is 2.31. The topological polar surface area (TPSA) is 87.7 Å². The van der Waals surface area contributed by atoms with Crippen molar-refractivity contribution >= 4 is 23.3 Å². The summed E-state index contributed by atoms with van der Waals surface area (Å²) in [4.78, 5) is 29.4. The van der Waals surface area contributed by atoms with Gasteiger partial charge in [0.15, 0.2) is 5.82 Å². The number of carbonyl (C=O) groups excluding carboxylic acids is 2. The molecular formula is C28H28F3N5O3. The van der Waals surface area contributed by atoms with Crippen molar-refractivity contribution in [3.63, 3.8) is 0 Å². The number of likely N-dealkylation sites (tertiary alicyclic amines) is 1. The molecule has 2 saturated heterocycles. The molecule has 0 unspecified atom stereocenters. The fourth-order valence-electron chi connectivity index (χ4n) is 5.15. The van der Waals surface area contributed by atoms with Crippen LogP contribution in [0.15, 0.2) is 66.9 Å². The first kappa shape index (κ1) is 26.5. The summed E-state index contributed by atoms with van der Waals surface area (Å²) in [5.74, 6) is 0.137. The quantitative estimate of drug-likeness (QED) is 0.482. The number of halogens is 3. The van der Waals surface area contributed by atoms with Crippen molar-refractivity contribution in [1.82, 2.24) is 15.1 Å². The van der Waals surface area contributed by atoms with Gasteiger partial charge in [0.2, 0.25) is 5.91 Å². The first-order valence-corrected chi connectivity index (χ1v) is 12.8. The Labute approximate surface area is 223 Å². The van der Waals surface area contributed by atoms with E-state index in [2.05, 4.69) is 25.2 Å². The maximum atomic E-state index is 12.9. The van der Waals surface area contributed by atoms with Crippen LogP contribution in [0, 0.1) is 5.92 Å². The number of hydrogen-bond acceptors (Lipinski definition) is 6. The molecular weight excluding hydrogens is 511 g/mol. The minimum Gasteiger partial charge on any atom is -0.406 e. The van der Waals surface area contributed by atoms with Gasteiger partial charge in [-0.15, -0.1) is 18.3 Å². The standard InChI is InChI=1S/C28H28F3N5O3/c29-28(30,31)39-24-4-1-3-21(17-24)27(38)35-14-10-20(11-15-35)19-6-8-23(9-7-19)33-26(37)22-12-16-36(18-22)25-5-2-13-32-34-25/h1-9,13,17,20,22H,10-12,14-16,18H2,(H,33,37)/t22-/m0/s1. The zero-order valence-electron chi connectivity index (χ0n) is 21.1. The highest BCUT2D eigenvalue weighted by molar-refractivity contribution is 5.95. The van der Waals surface area contributed by atoms with Crippen LogP contribution in [0.4, 0.5) is 24.7 Å². The fraction of sp³-hybridized carbons (Fsp3) is 0.357. The number of alkyl halides is 3. The Morgan fingerprint density at radius 1 is 0.949 bits per heavy atom. The Hall–Kier alpha value is -4.15. The second-order valence-electron chi connectivity index (χ2n) is 9.77. The zero-order valence-corrected chi connectivity index (χ0v) is 21.1. The third kappa shape index (κ3) is 6.65. The number of nitrogens with one attached hydrogen (secondary N) is 1. The number of piperidine rings is 1. The second kappa shape index (κ2) is 11.3. The van der Waals surface area contributed by atoms with Gasteiger partial charge in [0.25, 0.3) is 5.91 Å². The third-order valence-corrected chi connectivity index (χ3v) is 7.19. The van der Waals surface area contributed by atoms with Gasteiger partial charge in [-0.25, -0.2) is 0 Å². The number of anilines is 2. The van der Waals surface area contributed by atoms with Gasteiger partial charge in [-0.1, -0.05) is 18.2 Å². The van der Waals surface area contributed by atoms with Crippen molar-refractivity contribution in [2.24, 2.45) is 5.92 Å². The maximum absolute atomic E-state index is 12.9. The molecule has 0 saturated carbocycles. The van der Waals surface area contributed by atoms with E-state index in [1.54, 1.807) is 11.1 Å². The minimum absolute atomic E-state index is 0.0225. The summed E-state index contributed by atoms with van der Waals surface area (Å²) in [6.07, 6.45) is -0.977. The Morgan fingerprint density at radius 3 is 2.41 bits per heavy atom. The largest absolute Gasteiger partial charge is 0.573 e. The first-order valence-electron chi connectivity index (χ1n) is 12.8. The highest BCUT2D eigenvalue weighted by atomic mass is 19.4. The van der Waals surface area contributed by atoms with Crippen LogP contribution < -0.4 is 15.0 Å². The number of hydrogen-bond donors (Lipinski definition) is 1. The predicted octanol–water partition coefficient (Wildman–Crippen LogP) is 4.86. The van der Waals surface area contributed by atoms with Gasteiger partial charge < -0.3 is 19.9 Å². The van der Waals surface area contributed by atoms with E-state index in [9.17, 15) is 22.8 Å². The lowest BCUT2D eigenvalue weighted by Gasteiger charge is -2.32. The molecule has 2 aliphatic rings. The van der Waals surface area contributed by atoms with Crippen LogP contribution in [-0.4, -0.2) is 59.5 Å². The van der Waals surface area contributed by atoms with Gasteiger partial charge in [0, 0.05) is 43.6 Å². The summed E-state index contributed by atoms with van der Waals surface area (Å²) in [6, 6.07) is 16.7. The molecule has 8 nitrogen and oxygen atoms in total. The van der Waals surface area contributed by atoms with Gasteiger partial charge in [-0.2, -0.15) is 5.10 Å². The summed E-state index contributed by atoms with van der Waals surface area (Å²) in [5, 5.41) is 11.0. The SMILES string of the molecule is O=C(Nc1ccc(C2CCN(C(=O)c3cccc(OC(F)(F)F)c3)CC2)cc1)[C@H]1CCN(c2cccnn2)C1. The summed E-state index contributed by atoms with van der Waals surface area (Å²) in [5.41, 5.74) is 2.02. The summed E-state index contributed by atoms with van der Waals surface area (Å²) < 4.78 is 41.5. The van der Waals surface area contributed by atoms with E-state index in [0.717, 1.165) is 48.9 Å². The van der Waals surface area contributed by atoms with Crippen LogP contribution in [0.1, 0.15) is 41.1 Å². The van der Waals surface area contributed by atoms with Gasteiger partial charge in [-0.05, 0) is 73.2 Å². The zero-order chi connectivity index (χ0) is 27.4. The molecule has 2 fully saturated rings. The molecule has 0 radical (unpaired) electrons. The van der Waals surface area contributed by atoms with E-state index in [-0.39, 0.29) is 29.2 Å². The predicted molar refractivity (Wildman–Crippen MR) is 138 cm³/mol. The number of rotatable bonds is 6. The summed E-state index contributed by atoms with van der Waals surface area (Å²) in [7, 11) is 0. The van der Waals surface area contributed by atoms with Crippen LogP contribution in [0.5, 0.6) is 5.75 Å². The van der Waals surface area contributed by atoms with Crippen LogP contribution in [0.25, 0.3) is 0 Å². The molecule has 0 bridgehead atoms. The number of nitrogens with zero attached hydrogens (tertiary/aromatic N) is 4. The van der Waals surface area contributed by atoms with Crippen LogP contribution in [-0.2, 0) is 4.79 Å². The van der Waals surface area contributed by atoms with Gasteiger partial charge in [-0.3, -0.25) is 9.59 Å². The maximum Gasteiger partial charge on any atom is 0.573 e. The molecule has 2 aromatic carbocycles. The Morgan fingerprint density at radius 2 is 1.72 bits per heavy atom. The molecule has 3 heterocycles. The van der Waals surface area contributed by atoms with E-state index in [1.165, 1.54) is 18.2 Å². The molecule has 1 aromatic heterocycles. The highest BCUT2D eigenvalue weighted by Gasteiger charge is 2.32. The van der Waals surface area contributed by atoms with Gasteiger partial charge in [0.05, 0.1) is 5.92 Å². The molecule has 0 aliphatic carbocycles. The molecule has 2 amide bonds. The van der Waals surface area contributed by atoms with Crippen molar-refractivity contribution in [2.75, 3.05) is 36.4 Å². The minimum atomic E-state index is -4.81. The number of benzene rings is 2. The molecule has 39 heavy (non-hydrogen) atoms. The van der Waals surface area contributed by atoms with Crippen LogP contribution in [0.2, 0.25) is 0 Å². The average Bonchev–Trinajstić information content (AvgIpc) is 3.44. The van der Waals surface area contributed by atoms with Crippen molar-refractivity contribution in [2.45, 2.75) is 31.5 Å². The lowest BCUT2D eigenvalue weighted by Crippen LogP contribution is -2.37. The van der Waals surface area contributed by atoms with Crippen molar-refractivity contribution in [1.29, 1.82) is 0 Å². The smallest absolute Gasteiger partial charge is 0.406 e. The van der Waals surface area contributed by atoms with E-state index < -0.39 is 12.1 Å². The number of ether oxygens (including phenoxy) is 1. The normalized spacial score (nSPS) is 18.2. The van der Waals surface area contributed by atoms with Crippen LogP contribution >= 0.6 is 0 Å².